The highest BCUT2D eigenvalue weighted by molar-refractivity contribution is 6.02. The molecule has 0 fully saturated rings. The van der Waals surface area contributed by atoms with Crippen molar-refractivity contribution >= 4 is 11.6 Å². The molecule has 0 radical (unpaired) electrons. The molecule has 0 saturated heterocycles. The Morgan fingerprint density at radius 3 is 2.64 bits per heavy atom. The third-order valence-electron chi connectivity index (χ3n) is 4.01. The van der Waals surface area contributed by atoms with Gasteiger partial charge < -0.3 is 19.9 Å². The Morgan fingerprint density at radius 1 is 1.21 bits per heavy atom. The molecule has 2 aromatic carbocycles. The lowest BCUT2D eigenvalue weighted by Gasteiger charge is -2.11. The van der Waals surface area contributed by atoms with E-state index in [1.165, 1.54) is 49.5 Å². The van der Waals surface area contributed by atoms with Crippen LogP contribution in [0.15, 0.2) is 48.8 Å². The van der Waals surface area contributed by atoms with Gasteiger partial charge in [0.25, 0.3) is 5.91 Å². The fraction of sp³-hybridized carbons (Fsp3) is 0.211. The number of benzene rings is 2. The van der Waals surface area contributed by atoms with E-state index >= 15 is 0 Å². The quantitative estimate of drug-likeness (QED) is 0.647. The van der Waals surface area contributed by atoms with Crippen molar-refractivity contribution in [2.75, 3.05) is 19.5 Å². The van der Waals surface area contributed by atoms with Crippen LogP contribution in [0, 0.1) is 5.82 Å². The molecule has 0 aliphatic rings. The number of aliphatic hydroxyl groups excluding tert-OH is 1. The molecular weight excluding hydrogens is 367 g/mol. The number of hydrogen-bond acceptors (Lipinski definition) is 6. The Labute approximate surface area is 160 Å². The fourth-order valence-electron chi connectivity index (χ4n) is 2.53. The van der Waals surface area contributed by atoms with E-state index < -0.39 is 12.0 Å². The second-order valence-electron chi connectivity index (χ2n) is 5.88. The van der Waals surface area contributed by atoms with Gasteiger partial charge in [-0.2, -0.15) is 0 Å². The van der Waals surface area contributed by atoms with Crippen LogP contribution in [0.25, 0.3) is 0 Å². The lowest BCUT2D eigenvalue weighted by atomic mass is 10.1. The Hall–Kier alpha value is -3.46. The summed E-state index contributed by atoms with van der Waals surface area (Å²) in [6.07, 6.45) is 0.423. The zero-order valence-corrected chi connectivity index (χ0v) is 15.3. The van der Waals surface area contributed by atoms with Crippen molar-refractivity contribution in [3.8, 4) is 11.5 Å². The van der Waals surface area contributed by atoms with E-state index in [-0.39, 0.29) is 18.2 Å². The molecular formula is C19H19FN4O4. The standard InChI is InChI=1S/C19H19FN4O4/c1-27-14-7-8-15(17(9-14)28-2)22-19(26)18-21-11-24(23-18)10-16(25)12-3-5-13(20)6-4-12/h3-9,11,16,25H,10H2,1-2H3,(H,22,26)/t16-/m1/s1. The summed E-state index contributed by atoms with van der Waals surface area (Å²) in [4.78, 5) is 16.4. The molecule has 0 aliphatic carbocycles. The van der Waals surface area contributed by atoms with Gasteiger partial charge in [0, 0.05) is 6.07 Å². The maximum absolute atomic E-state index is 13.0. The number of carbonyl (C=O) groups excluding carboxylic acids is 1. The molecule has 28 heavy (non-hydrogen) atoms. The topological polar surface area (TPSA) is 98.5 Å². The smallest absolute Gasteiger partial charge is 0.295 e. The van der Waals surface area contributed by atoms with Crippen LogP contribution in [0.5, 0.6) is 11.5 Å². The van der Waals surface area contributed by atoms with E-state index in [0.717, 1.165) is 0 Å². The van der Waals surface area contributed by atoms with Crippen LogP contribution in [-0.2, 0) is 6.54 Å². The maximum atomic E-state index is 13.0. The Balaban J connectivity index is 1.68. The fourth-order valence-corrected chi connectivity index (χ4v) is 2.53. The number of aliphatic hydroxyl groups is 1. The van der Waals surface area contributed by atoms with Crippen molar-refractivity contribution in [2.24, 2.45) is 0 Å². The van der Waals surface area contributed by atoms with Gasteiger partial charge in [-0.1, -0.05) is 12.1 Å². The average Bonchev–Trinajstić information content (AvgIpc) is 3.17. The number of ether oxygens (including phenoxy) is 2. The van der Waals surface area contributed by atoms with Gasteiger partial charge in [-0.05, 0) is 29.8 Å². The lowest BCUT2D eigenvalue weighted by Crippen LogP contribution is -2.16. The number of halogens is 1. The number of anilines is 1. The highest BCUT2D eigenvalue weighted by atomic mass is 19.1. The molecule has 3 aromatic rings. The van der Waals surface area contributed by atoms with Gasteiger partial charge >= 0.3 is 0 Å². The van der Waals surface area contributed by atoms with Crippen molar-refractivity contribution in [3.05, 3.63) is 66.0 Å². The van der Waals surface area contributed by atoms with Crippen LogP contribution in [0.4, 0.5) is 10.1 Å². The number of amides is 1. The monoisotopic (exact) mass is 386 g/mol. The molecule has 1 aromatic heterocycles. The van der Waals surface area contributed by atoms with E-state index in [9.17, 15) is 14.3 Å². The molecule has 0 saturated carbocycles. The number of hydrogen-bond donors (Lipinski definition) is 2. The van der Waals surface area contributed by atoms with Gasteiger partial charge in [0.2, 0.25) is 5.82 Å². The number of carbonyl (C=O) groups is 1. The normalized spacial score (nSPS) is 11.7. The van der Waals surface area contributed by atoms with Gasteiger partial charge in [-0.25, -0.2) is 14.1 Å². The second kappa shape index (κ2) is 8.49. The summed E-state index contributed by atoms with van der Waals surface area (Å²) in [6.45, 7) is 0.0672. The minimum atomic E-state index is -0.917. The van der Waals surface area contributed by atoms with Crippen LogP contribution < -0.4 is 14.8 Å². The SMILES string of the molecule is COc1ccc(NC(=O)c2ncn(C[C@@H](O)c3ccc(F)cc3)n2)c(OC)c1. The van der Waals surface area contributed by atoms with E-state index in [1.807, 2.05) is 0 Å². The summed E-state index contributed by atoms with van der Waals surface area (Å²) in [5.41, 5.74) is 0.974. The summed E-state index contributed by atoms with van der Waals surface area (Å²) in [5.74, 6) is 0.0400. The summed E-state index contributed by atoms with van der Waals surface area (Å²) >= 11 is 0. The minimum absolute atomic E-state index is 0.0656. The van der Waals surface area contributed by atoms with Crippen LogP contribution in [0.2, 0.25) is 0 Å². The molecule has 0 spiro atoms. The highest BCUT2D eigenvalue weighted by Gasteiger charge is 2.16. The third kappa shape index (κ3) is 4.44. The first-order valence-corrected chi connectivity index (χ1v) is 8.36. The Bertz CT molecular complexity index is 959. The van der Waals surface area contributed by atoms with Crippen LogP contribution in [-0.4, -0.2) is 40.0 Å². The number of nitrogens with one attached hydrogen (secondary N) is 1. The molecule has 0 bridgehead atoms. The van der Waals surface area contributed by atoms with Gasteiger partial charge in [0.05, 0.1) is 32.6 Å². The number of aromatic nitrogens is 3. The molecule has 1 heterocycles. The van der Waals surface area contributed by atoms with Crippen LogP contribution in [0.1, 0.15) is 22.3 Å². The summed E-state index contributed by atoms with van der Waals surface area (Å²) in [7, 11) is 3.01. The zero-order chi connectivity index (χ0) is 20.1. The second-order valence-corrected chi connectivity index (χ2v) is 5.88. The first-order valence-electron chi connectivity index (χ1n) is 8.36. The van der Waals surface area contributed by atoms with Gasteiger partial charge in [-0.15, -0.1) is 5.10 Å². The third-order valence-corrected chi connectivity index (χ3v) is 4.01. The molecule has 8 nitrogen and oxygen atoms in total. The average molecular weight is 386 g/mol. The first-order chi connectivity index (χ1) is 13.5. The van der Waals surface area contributed by atoms with Gasteiger partial charge in [0.15, 0.2) is 0 Å². The zero-order valence-electron chi connectivity index (χ0n) is 15.3. The number of methoxy groups -OCH3 is 2. The molecule has 3 rings (SSSR count). The van der Waals surface area contributed by atoms with E-state index in [1.54, 1.807) is 18.2 Å². The first kappa shape index (κ1) is 19.3. The van der Waals surface area contributed by atoms with Crippen molar-refractivity contribution < 1.29 is 23.8 Å². The minimum Gasteiger partial charge on any atom is -0.497 e. The Morgan fingerprint density at radius 2 is 1.96 bits per heavy atom. The molecule has 146 valence electrons. The predicted molar refractivity (Wildman–Crippen MR) is 98.9 cm³/mol. The van der Waals surface area contributed by atoms with E-state index in [0.29, 0.717) is 22.7 Å². The Kier molecular flexibility index (Phi) is 5.85. The van der Waals surface area contributed by atoms with E-state index in [2.05, 4.69) is 15.4 Å². The molecule has 0 unspecified atom stereocenters. The molecule has 0 aliphatic heterocycles. The van der Waals surface area contributed by atoms with Crippen LogP contribution >= 0.6 is 0 Å². The van der Waals surface area contributed by atoms with Crippen molar-refractivity contribution in [1.82, 2.24) is 14.8 Å². The maximum Gasteiger partial charge on any atom is 0.295 e. The summed E-state index contributed by atoms with van der Waals surface area (Å²) < 4.78 is 24.7. The number of rotatable bonds is 7. The largest absolute Gasteiger partial charge is 0.497 e. The summed E-state index contributed by atoms with van der Waals surface area (Å²) in [6, 6.07) is 10.5. The molecule has 9 heteroatoms. The summed E-state index contributed by atoms with van der Waals surface area (Å²) in [5, 5.41) is 17.0. The van der Waals surface area contributed by atoms with E-state index in [4.69, 9.17) is 9.47 Å². The van der Waals surface area contributed by atoms with Gasteiger partial charge in [-0.3, -0.25) is 4.79 Å². The molecule has 1 amide bonds. The number of nitrogens with zero attached hydrogens (tertiary/aromatic N) is 3. The van der Waals surface area contributed by atoms with Gasteiger partial charge in [0.1, 0.15) is 23.6 Å². The van der Waals surface area contributed by atoms with Crippen molar-refractivity contribution in [1.29, 1.82) is 0 Å². The molecule has 1 atom stereocenters. The van der Waals surface area contributed by atoms with Crippen molar-refractivity contribution in [3.63, 3.8) is 0 Å². The molecule has 2 N–H and O–H groups in total. The highest BCUT2D eigenvalue weighted by Crippen LogP contribution is 2.29. The lowest BCUT2D eigenvalue weighted by molar-refractivity contribution is 0.101. The van der Waals surface area contributed by atoms with Crippen LogP contribution in [0.3, 0.4) is 0 Å². The predicted octanol–water partition coefficient (Wildman–Crippen LogP) is 2.42. The van der Waals surface area contributed by atoms with Crippen molar-refractivity contribution in [2.45, 2.75) is 12.6 Å².